The van der Waals surface area contributed by atoms with Crippen molar-refractivity contribution in [3.05, 3.63) is 59.7 Å². The Morgan fingerprint density at radius 3 is 2.92 bits per heavy atom. The highest BCUT2D eigenvalue weighted by Gasteiger charge is 2.29. The van der Waals surface area contributed by atoms with Gasteiger partial charge in [-0.25, -0.2) is 4.39 Å². The number of aliphatic hydroxyl groups excluding tert-OH is 1. The van der Waals surface area contributed by atoms with Crippen molar-refractivity contribution in [3.63, 3.8) is 0 Å². The number of rotatable bonds is 5. The fourth-order valence-electron chi connectivity index (χ4n) is 3.15. The number of nitrogens with zero attached hydrogens (tertiary/aromatic N) is 2. The Bertz CT molecular complexity index is 708. The summed E-state index contributed by atoms with van der Waals surface area (Å²) in [5, 5.41) is 10.5. The van der Waals surface area contributed by atoms with Gasteiger partial charge in [-0.05, 0) is 36.1 Å². The number of pyridine rings is 1. The van der Waals surface area contributed by atoms with E-state index in [-0.39, 0.29) is 11.9 Å². The van der Waals surface area contributed by atoms with Crippen molar-refractivity contribution in [2.24, 2.45) is 0 Å². The van der Waals surface area contributed by atoms with Crippen molar-refractivity contribution in [3.8, 4) is 5.75 Å². The van der Waals surface area contributed by atoms with Crippen molar-refractivity contribution in [1.29, 1.82) is 0 Å². The minimum Gasteiger partial charge on any atom is -0.488 e. The lowest BCUT2D eigenvalue weighted by molar-refractivity contribution is -0.0277. The molecule has 1 aliphatic heterocycles. The normalized spacial score (nSPS) is 21.5. The van der Waals surface area contributed by atoms with E-state index in [0.29, 0.717) is 31.0 Å². The summed E-state index contributed by atoms with van der Waals surface area (Å²) in [7, 11) is 0. The first kappa shape index (κ1) is 17.8. The average Bonchev–Trinajstić information content (AvgIpc) is 2.59. The van der Waals surface area contributed by atoms with Gasteiger partial charge >= 0.3 is 0 Å². The topological polar surface area (TPSA) is 45.6 Å². The molecule has 1 aliphatic rings. The lowest BCUT2D eigenvalue weighted by Crippen LogP contribution is -2.48. The van der Waals surface area contributed by atoms with Gasteiger partial charge < -0.3 is 9.84 Å². The third kappa shape index (κ3) is 4.55. The van der Waals surface area contributed by atoms with Crippen molar-refractivity contribution in [2.75, 3.05) is 13.1 Å². The minimum absolute atomic E-state index is 0.235. The molecule has 1 fully saturated rings. The fraction of sp³-hybridized carbons (Fsp3) is 0.450. The molecule has 0 saturated carbocycles. The number of halogens is 1. The lowest BCUT2D eigenvalue weighted by atomic mass is 10.0. The number of aromatic nitrogens is 1. The maximum absolute atomic E-state index is 13.7. The quantitative estimate of drug-likeness (QED) is 0.903. The van der Waals surface area contributed by atoms with E-state index in [4.69, 9.17) is 4.74 Å². The van der Waals surface area contributed by atoms with Gasteiger partial charge in [0.15, 0.2) is 0 Å². The number of piperidine rings is 1. The molecule has 1 saturated heterocycles. The van der Waals surface area contributed by atoms with Crippen LogP contribution in [0.5, 0.6) is 5.75 Å². The summed E-state index contributed by atoms with van der Waals surface area (Å²) in [6.07, 6.45) is 2.69. The largest absolute Gasteiger partial charge is 0.488 e. The Morgan fingerprint density at radius 1 is 1.36 bits per heavy atom. The van der Waals surface area contributed by atoms with Crippen LogP contribution in [0.1, 0.15) is 37.3 Å². The fourth-order valence-corrected chi connectivity index (χ4v) is 3.15. The van der Waals surface area contributed by atoms with Gasteiger partial charge in [0.2, 0.25) is 0 Å². The van der Waals surface area contributed by atoms with E-state index in [1.54, 1.807) is 12.3 Å². The molecule has 134 valence electrons. The molecule has 0 unspecified atom stereocenters. The molecule has 0 spiro atoms. The molecule has 2 atom stereocenters. The maximum atomic E-state index is 13.7. The van der Waals surface area contributed by atoms with Gasteiger partial charge in [0.1, 0.15) is 23.8 Å². The van der Waals surface area contributed by atoms with Crippen LogP contribution < -0.4 is 4.74 Å². The first-order valence-corrected chi connectivity index (χ1v) is 8.78. The van der Waals surface area contributed by atoms with Crippen molar-refractivity contribution in [2.45, 2.75) is 44.9 Å². The van der Waals surface area contributed by atoms with Crippen LogP contribution in [-0.4, -0.2) is 40.3 Å². The number of hydrogen-bond donors (Lipinski definition) is 1. The van der Waals surface area contributed by atoms with Gasteiger partial charge in [-0.3, -0.25) is 9.88 Å². The summed E-state index contributed by atoms with van der Waals surface area (Å²) in [6.45, 7) is 5.99. The highest BCUT2D eigenvalue weighted by molar-refractivity contribution is 5.30. The zero-order valence-electron chi connectivity index (χ0n) is 14.7. The molecule has 2 aromatic rings. The van der Waals surface area contributed by atoms with Crippen LogP contribution in [0.15, 0.2) is 42.7 Å². The Hall–Kier alpha value is -1.98. The number of likely N-dealkylation sites (tertiary alicyclic amines) is 1. The van der Waals surface area contributed by atoms with Gasteiger partial charge in [-0.1, -0.05) is 26.0 Å². The van der Waals surface area contributed by atoms with E-state index in [9.17, 15) is 9.50 Å². The van der Waals surface area contributed by atoms with E-state index >= 15 is 0 Å². The number of benzene rings is 1. The molecule has 1 aromatic carbocycles. The second-order valence-electron chi connectivity index (χ2n) is 6.94. The van der Waals surface area contributed by atoms with Crippen molar-refractivity contribution < 1.29 is 14.2 Å². The number of ether oxygens (including phenoxy) is 1. The van der Waals surface area contributed by atoms with Crippen LogP contribution in [-0.2, 0) is 6.54 Å². The zero-order chi connectivity index (χ0) is 17.8. The van der Waals surface area contributed by atoms with Gasteiger partial charge in [0, 0.05) is 31.4 Å². The number of hydrogen-bond acceptors (Lipinski definition) is 4. The Kier molecular flexibility index (Phi) is 5.66. The van der Waals surface area contributed by atoms with Crippen LogP contribution in [0.2, 0.25) is 0 Å². The van der Waals surface area contributed by atoms with E-state index in [0.717, 1.165) is 12.3 Å². The molecule has 4 nitrogen and oxygen atoms in total. The number of aliphatic hydroxyl groups is 1. The van der Waals surface area contributed by atoms with Gasteiger partial charge in [0.25, 0.3) is 0 Å². The van der Waals surface area contributed by atoms with Crippen molar-refractivity contribution in [1.82, 2.24) is 9.88 Å². The summed E-state index contributed by atoms with van der Waals surface area (Å²) in [5.41, 5.74) is 1.82. The Labute approximate surface area is 148 Å². The Balaban J connectivity index is 1.59. The second kappa shape index (κ2) is 7.93. The van der Waals surface area contributed by atoms with Crippen molar-refractivity contribution >= 4 is 0 Å². The molecule has 0 radical (unpaired) electrons. The molecule has 25 heavy (non-hydrogen) atoms. The van der Waals surface area contributed by atoms with Crippen LogP contribution >= 0.6 is 0 Å². The first-order chi connectivity index (χ1) is 12.0. The summed E-state index contributed by atoms with van der Waals surface area (Å²) < 4.78 is 19.8. The molecular formula is C20H25FN2O2. The van der Waals surface area contributed by atoms with E-state index in [1.807, 2.05) is 23.1 Å². The minimum atomic E-state index is -0.596. The molecule has 3 rings (SSSR count). The Morgan fingerprint density at radius 2 is 2.20 bits per heavy atom. The van der Waals surface area contributed by atoms with E-state index in [2.05, 4.69) is 24.9 Å². The second-order valence-corrected chi connectivity index (χ2v) is 6.94. The van der Waals surface area contributed by atoms with Gasteiger partial charge in [-0.2, -0.15) is 0 Å². The monoisotopic (exact) mass is 344 g/mol. The molecule has 0 aliphatic carbocycles. The number of β-amino-alcohol motifs (C(OH)–C–C–N with tert-alkyl or cyclic N) is 1. The van der Waals surface area contributed by atoms with E-state index < -0.39 is 6.10 Å². The predicted octanol–water partition coefficient (Wildman–Crippen LogP) is 3.36. The van der Waals surface area contributed by atoms with Gasteiger partial charge in [0.05, 0.1) is 6.20 Å². The van der Waals surface area contributed by atoms with Crippen LogP contribution in [0.3, 0.4) is 0 Å². The molecule has 0 bridgehead atoms. The molecule has 1 N–H and O–H groups in total. The molecular weight excluding hydrogens is 319 g/mol. The molecule has 2 heterocycles. The first-order valence-electron chi connectivity index (χ1n) is 8.78. The zero-order valence-corrected chi connectivity index (χ0v) is 14.7. The summed E-state index contributed by atoms with van der Waals surface area (Å²) in [5.74, 6) is 0.926. The third-order valence-electron chi connectivity index (χ3n) is 4.67. The smallest absolute Gasteiger partial charge is 0.145 e. The van der Waals surface area contributed by atoms with Crippen LogP contribution in [0, 0.1) is 5.82 Å². The van der Waals surface area contributed by atoms with Crippen LogP contribution in [0.4, 0.5) is 4.39 Å². The predicted molar refractivity (Wildman–Crippen MR) is 95.0 cm³/mol. The summed E-state index contributed by atoms with van der Waals surface area (Å²) >= 11 is 0. The lowest BCUT2D eigenvalue weighted by Gasteiger charge is -2.36. The average molecular weight is 344 g/mol. The standard InChI is InChI=1S/C20H25FN2O2/c1-14(2)15-4-3-5-17(10-15)25-20-7-9-23(13-19(20)24)12-16-6-8-22-11-18(16)21/h3-6,8,10-11,14,19-20,24H,7,9,12-13H2,1-2H3/t19-,20-/m1/s1. The molecule has 1 aromatic heterocycles. The molecule has 0 amide bonds. The highest BCUT2D eigenvalue weighted by atomic mass is 19.1. The third-order valence-corrected chi connectivity index (χ3v) is 4.67. The maximum Gasteiger partial charge on any atom is 0.145 e. The summed E-state index contributed by atoms with van der Waals surface area (Å²) in [4.78, 5) is 5.82. The van der Waals surface area contributed by atoms with E-state index in [1.165, 1.54) is 11.8 Å². The van der Waals surface area contributed by atoms with Gasteiger partial charge in [-0.15, -0.1) is 0 Å². The van der Waals surface area contributed by atoms with Crippen LogP contribution in [0.25, 0.3) is 0 Å². The molecule has 5 heteroatoms. The summed E-state index contributed by atoms with van der Waals surface area (Å²) in [6, 6.07) is 9.72. The highest BCUT2D eigenvalue weighted by Crippen LogP contribution is 2.24. The SMILES string of the molecule is CC(C)c1cccc(O[C@@H]2CCN(Cc3ccncc3F)C[C@H]2O)c1.